The van der Waals surface area contributed by atoms with Crippen molar-refractivity contribution < 1.29 is 58.0 Å². The Hall–Kier alpha value is -7.44. The number of hydrogen-bond acceptors (Lipinski definition) is 8. The second-order valence-corrected chi connectivity index (χ2v) is 16.1. The van der Waals surface area contributed by atoms with Crippen LogP contribution in [0.25, 0.3) is 0 Å². The standard InChI is InChI=1S/C18H17ClO4.C18H17FO4.C18H18O3/c1-23-16-8-4-13(5-9-16)17(20)11-14(18(21)22)10-12-2-6-15(19)7-3-12;1-23-16-8-2-12(3-9-16)10-14(18(21)22)11-17(20)13-4-6-15(19)7-5-13;1-13-7-9-15(10-8-13)17(19)12-16(18(20)21)11-14-5-3-2-4-6-14/h2*2-9,14H,10-11H2,1H3,(H,21,22);2-10,16H,11-12H2,1H3,(H,20,21). The number of halogens is 2. The van der Waals surface area contributed by atoms with Crippen LogP contribution in [-0.4, -0.2) is 64.8 Å². The van der Waals surface area contributed by atoms with Crippen molar-refractivity contribution in [1.82, 2.24) is 0 Å². The molecule has 0 aliphatic heterocycles. The van der Waals surface area contributed by atoms with Crippen molar-refractivity contribution in [2.45, 2.75) is 45.4 Å². The molecule has 0 saturated heterocycles. The summed E-state index contributed by atoms with van der Waals surface area (Å²) in [6.07, 6.45) is 0.735. The second-order valence-electron chi connectivity index (χ2n) is 15.7. The lowest BCUT2D eigenvalue weighted by Crippen LogP contribution is -2.20. The summed E-state index contributed by atoms with van der Waals surface area (Å²) in [5, 5.41) is 28.6. The van der Waals surface area contributed by atoms with Crippen molar-refractivity contribution in [3.8, 4) is 11.5 Å². The first kappa shape index (κ1) is 52.2. The third kappa shape index (κ3) is 17.8. The molecule has 13 heteroatoms. The molecule has 0 aliphatic carbocycles. The van der Waals surface area contributed by atoms with E-state index in [-0.39, 0.29) is 49.5 Å². The van der Waals surface area contributed by atoms with E-state index in [4.69, 9.17) is 21.1 Å². The highest BCUT2D eigenvalue weighted by Gasteiger charge is 2.25. The molecule has 0 radical (unpaired) electrons. The van der Waals surface area contributed by atoms with E-state index in [0.29, 0.717) is 39.6 Å². The van der Waals surface area contributed by atoms with Gasteiger partial charge in [-0.1, -0.05) is 96.0 Å². The minimum Gasteiger partial charge on any atom is -0.497 e. The average molecular weight is 931 g/mol. The molecule has 0 fully saturated rings. The minimum absolute atomic E-state index is 0.0211. The number of carbonyl (C=O) groups excluding carboxylic acids is 3. The van der Waals surface area contributed by atoms with E-state index < -0.39 is 41.5 Å². The topological polar surface area (TPSA) is 182 Å². The monoisotopic (exact) mass is 930 g/mol. The van der Waals surface area contributed by atoms with E-state index in [1.807, 2.05) is 49.4 Å². The Labute approximate surface area is 393 Å². The maximum absolute atomic E-state index is 12.9. The summed E-state index contributed by atoms with van der Waals surface area (Å²) < 4.78 is 23.0. The van der Waals surface area contributed by atoms with E-state index in [2.05, 4.69) is 0 Å². The van der Waals surface area contributed by atoms with Crippen molar-refractivity contribution in [2.24, 2.45) is 17.8 Å². The number of benzene rings is 6. The fourth-order valence-corrected chi connectivity index (χ4v) is 6.89. The van der Waals surface area contributed by atoms with Gasteiger partial charge in [0.15, 0.2) is 17.3 Å². The van der Waals surface area contributed by atoms with Gasteiger partial charge in [0.2, 0.25) is 0 Å². The second kappa shape index (κ2) is 26.5. The summed E-state index contributed by atoms with van der Waals surface area (Å²) in [6, 6.07) is 42.4. The van der Waals surface area contributed by atoms with Crippen molar-refractivity contribution in [3.05, 3.63) is 201 Å². The number of Topliss-reactive ketones (excluding diaryl/α,β-unsaturated/α-hetero) is 3. The normalized spacial score (nSPS) is 11.8. The van der Waals surface area contributed by atoms with Gasteiger partial charge in [0.25, 0.3) is 0 Å². The van der Waals surface area contributed by atoms with E-state index >= 15 is 0 Å². The maximum Gasteiger partial charge on any atom is 0.307 e. The van der Waals surface area contributed by atoms with Gasteiger partial charge >= 0.3 is 17.9 Å². The predicted octanol–water partition coefficient (Wildman–Crippen LogP) is 10.7. The first-order valence-electron chi connectivity index (χ1n) is 21.2. The van der Waals surface area contributed by atoms with Crippen molar-refractivity contribution in [3.63, 3.8) is 0 Å². The summed E-state index contributed by atoms with van der Waals surface area (Å²) in [6.45, 7) is 1.95. The van der Waals surface area contributed by atoms with Crippen LogP contribution < -0.4 is 9.47 Å². The number of methoxy groups -OCH3 is 2. The lowest BCUT2D eigenvalue weighted by molar-refractivity contribution is -0.142. The molecule has 67 heavy (non-hydrogen) atoms. The third-order valence-corrected chi connectivity index (χ3v) is 10.9. The molecule has 6 aromatic rings. The van der Waals surface area contributed by atoms with Crippen LogP contribution in [0.4, 0.5) is 4.39 Å². The zero-order valence-corrected chi connectivity index (χ0v) is 38.0. The summed E-state index contributed by atoms with van der Waals surface area (Å²) in [5.74, 6) is -4.99. The van der Waals surface area contributed by atoms with E-state index in [1.165, 1.54) is 24.3 Å². The minimum atomic E-state index is -1.03. The van der Waals surface area contributed by atoms with Crippen LogP contribution in [-0.2, 0) is 33.6 Å². The molecule has 3 atom stereocenters. The van der Waals surface area contributed by atoms with E-state index in [1.54, 1.807) is 99.1 Å². The fraction of sp³-hybridized carbons (Fsp3) is 0.222. The molecule has 348 valence electrons. The zero-order chi connectivity index (χ0) is 48.9. The van der Waals surface area contributed by atoms with Crippen LogP contribution in [0.2, 0.25) is 5.02 Å². The first-order chi connectivity index (χ1) is 32.0. The van der Waals surface area contributed by atoms with E-state index in [9.17, 15) is 48.5 Å². The fourth-order valence-electron chi connectivity index (χ4n) is 6.77. The number of ether oxygens (including phenoxy) is 2. The van der Waals surface area contributed by atoms with Crippen molar-refractivity contribution >= 4 is 46.9 Å². The summed E-state index contributed by atoms with van der Waals surface area (Å²) >= 11 is 5.82. The highest BCUT2D eigenvalue weighted by molar-refractivity contribution is 6.30. The summed E-state index contributed by atoms with van der Waals surface area (Å²) in [4.78, 5) is 70.9. The molecule has 0 aliphatic rings. The summed E-state index contributed by atoms with van der Waals surface area (Å²) in [7, 11) is 3.10. The number of hydrogen-bond donors (Lipinski definition) is 3. The number of carbonyl (C=O) groups is 6. The SMILES string of the molecule is COc1ccc(C(=O)CC(Cc2ccc(Cl)cc2)C(=O)O)cc1.COc1ccc(CC(CC(=O)c2ccc(F)cc2)C(=O)O)cc1.Cc1ccc(C(=O)CC(Cc2ccccc2)C(=O)O)cc1. The Bertz CT molecular complexity index is 2540. The highest BCUT2D eigenvalue weighted by Crippen LogP contribution is 2.22. The molecule has 11 nitrogen and oxygen atoms in total. The molecule has 3 N–H and O–H groups in total. The van der Waals surface area contributed by atoms with Crippen LogP contribution in [0.3, 0.4) is 0 Å². The van der Waals surface area contributed by atoms with E-state index in [0.717, 1.165) is 22.3 Å². The maximum atomic E-state index is 12.9. The van der Waals surface area contributed by atoms with Gasteiger partial charge in [0.1, 0.15) is 17.3 Å². The molecular formula is C54H52ClFO11. The Morgan fingerprint density at radius 2 is 0.776 bits per heavy atom. The number of carboxylic acids is 3. The number of aliphatic carboxylic acids is 3. The van der Waals surface area contributed by atoms with Gasteiger partial charge in [-0.25, -0.2) is 4.39 Å². The number of ketones is 3. The highest BCUT2D eigenvalue weighted by atomic mass is 35.5. The molecule has 0 amide bonds. The van der Waals surface area contributed by atoms with Crippen LogP contribution in [0, 0.1) is 30.5 Å². The molecule has 0 heterocycles. The molecule has 6 aromatic carbocycles. The largest absolute Gasteiger partial charge is 0.497 e. The zero-order valence-electron chi connectivity index (χ0n) is 37.3. The quantitative estimate of drug-likeness (QED) is 0.0620. The summed E-state index contributed by atoms with van der Waals surface area (Å²) in [5.41, 5.74) is 5.02. The molecule has 0 aromatic heterocycles. The number of aryl methyl sites for hydroxylation is 1. The van der Waals surface area contributed by atoms with Gasteiger partial charge in [0, 0.05) is 41.0 Å². The van der Waals surface area contributed by atoms with Crippen LogP contribution >= 0.6 is 11.6 Å². The Morgan fingerprint density at radius 1 is 0.463 bits per heavy atom. The molecular weight excluding hydrogens is 879 g/mol. The lowest BCUT2D eigenvalue weighted by atomic mass is 9.92. The first-order valence-corrected chi connectivity index (χ1v) is 21.6. The molecule has 6 rings (SSSR count). The molecule has 3 unspecified atom stereocenters. The van der Waals surface area contributed by atoms with Gasteiger partial charge < -0.3 is 24.8 Å². The number of carboxylic acid groups (broad SMARTS) is 3. The van der Waals surface area contributed by atoms with Gasteiger partial charge in [-0.05, 0) is 116 Å². The molecule has 0 spiro atoms. The van der Waals surface area contributed by atoms with Crippen molar-refractivity contribution in [1.29, 1.82) is 0 Å². The van der Waals surface area contributed by atoms with Gasteiger partial charge in [-0.15, -0.1) is 0 Å². The van der Waals surface area contributed by atoms with Gasteiger partial charge in [-0.2, -0.15) is 0 Å². The molecule has 0 bridgehead atoms. The smallest absolute Gasteiger partial charge is 0.307 e. The third-order valence-electron chi connectivity index (χ3n) is 10.7. The van der Waals surface area contributed by atoms with Gasteiger partial charge in [-0.3, -0.25) is 28.8 Å². The van der Waals surface area contributed by atoms with Crippen LogP contribution in [0.1, 0.15) is 72.6 Å². The van der Waals surface area contributed by atoms with Crippen LogP contribution in [0.5, 0.6) is 11.5 Å². The van der Waals surface area contributed by atoms with Gasteiger partial charge in [0.05, 0.1) is 32.0 Å². The number of rotatable bonds is 20. The Kier molecular flexibility index (Phi) is 20.6. The average Bonchev–Trinajstić information content (AvgIpc) is 3.32. The Balaban J connectivity index is 0.000000220. The molecule has 0 saturated carbocycles. The predicted molar refractivity (Wildman–Crippen MR) is 253 cm³/mol. The lowest BCUT2D eigenvalue weighted by Gasteiger charge is -2.12. The Morgan fingerprint density at radius 3 is 1.13 bits per heavy atom. The van der Waals surface area contributed by atoms with Crippen LogP contribution in [0.15, 0.2) is 152 Å². The van der Waals surface area contributed by atoms with Crippen molar-refractivity contribution in [2.75, 3.05) is 14.2 Å².